The van der Waals surface area contributed by atoms with Crippen molar-refractivity contribution in [3.63, 3.8) is 0 Å². The fourth-order valence-corrected chi connectivity index (χ4v) is 4.10. The molecule has 5 rings (SSSR count). The predicted molar refractivity (Wildman–Crippen MR) is 120 cm³/mol. The van der Waals surface area contributed by atoms with Gasteiger partial charge in [-0.25, -0.2) is 9.67 Å². The van der Waals surface area contributed by atoms with Crippen LogP contribution in [-0.2, 0) is 0 Å². The van der Waals surface area contributed by atoms with Crippen LogP contribution < -0.4 is 5.01 Å². The second kappa shape index (κ2) is 7.94. The van der Waals surface area contributed by atoms with Gasteiger partial charge in [0.05, 0.1) is 21.4 Å². The molecule has 2 unspecified atom stereocenters. The van der Waals surface area contributed by atoms with Gasteiger partial charge >= 0.3 is 0 Å². The summed E-state index contributed by atoms with van der Waals surface area (Å²) in [6, 6.07) is 25.6. The topological polar surface area (TPSA) is 46.3 Å². The van der Waals surface area contributed by atoms with Gasteiger partial charge in [0.1, 0.15) is 24.7 Å². The van der Waals surface area contributed by atoms with E-state index in [0.29, 0.717) is 10.0 Å². The van der Waals surface area contributed by atoms with Crippen molar-refractivity contribution >= 4 is 34.6 Å². The van der Waals surface area contributed by atoms with Crippen molar-refractivity contribution in [2.75, 3.05) is 5.01 Å². The molecule has 0 aliphatic carbocycles. The van der Waals surface area contributed by atoms with E-state index in [-0.39, 0.29) is 12.1 Å². The van der Waals surface area contributed by atoms with E-state index in [0.717, 1.165) is 22.5 Å². The third kappa shape index (κ3) is 3.36. The molecule has 0 bridgehead atoms. The van der Waals surface area contributed by atoms with Crippen LogP contribution in [0.2, 0.25) is 10.0 Å². The number of benzene rings is 3. The maximum absolute atomic E-state index is 6.34. The first-order valence-electron chi connectivity index (χ1n) is 9.49. The van der Waals surface area contributed by atoms with Crippen LogP contribution in [0.1, 0.15) is 23.2 Å². The number of hydrazone groups is 1. The van der Waals surface area contributed by atoms with Crippen LogP contribution in [0.4, 0.5) is 5.69 Å². The maximum Gasteiger partial charge on any atom is 0.137 e. The number of hydrogen-bond acceptors (Lipinski definition) is 4. The van der Waals surface area contributed by atoms with Gasteiger partial charge < -0.3 is 0 Å². The molecule has 0 spiro atoms. The van der Waals surface area contributed by atoms with Gasteiger partial charge in [-0.2, -0.15) is 10.2 Å². The average molecular weight is 434 g/mol. The Hall–Kier alpha value is -3.15. The van der Waals surface area contributed by atoms with E-state index < -0.39 is 0 Å². The Morgan fingerprint density at radius 2 is 1.50 bits per heavy atom. The summed E-state index contributed by atoms with van der Waals surface area (Å²) in [6.07, 6.45) is 3.28. The van der Waals surface area contributed by atoms with Crippen LogP contribution in [-0.4, -0.2) is 20.5 Å². The summed E-state index contributed by atoms with van der Waals surface area (Å²) >= 11 is 12.5. The fraction of sp³-hybridized carbons (Fsp3) is 0.0870. The molecule has 1 aliphatic rings. The zero-order chi connectivity index (χ0) is 20.5. The summed E-state index contributed by atoms with van der Waals surface area (Å²) in [7, 11) is 0. The van der Waals surface area contributed by atoms with Gasteiger partial charge in [-0.15, -0.1) is 0 Å². The summed E-state index contributed by atoms with van der Waals surface area (Å²) in [5.74, 6) is 0. The monoisotopic (exact) mass is 433 g/mol. The molecule has 148 valence electrons. The second-order valence-corrected chi connectivity index (χ2v) is 7.78. The van der Waals surface area contributed by atoms with E-state index in [9.17, 15) is 0 Å². The van der Waals surface area contributed by atoms with Gasteiger partial charge in [0.15, 0.2) is 0 Å². The lowest BCUT2D eigenvalue weighted by Gasteiger charge is -2.28. The van der Waals surface area contributed by atoms with Crippen LogP contribution in [0.25, 0.3) is 0 Å². The molecular formula is C23H17Cl2N5. The molecule has 0 radical (unpaired) electrons. The van der Waals surface area contributed by atoms with E-state index in [2.05, 4.69) is 34.3 Å². The molecule has 30 heavy (non-hydrogen) atoms. The Morgan fingerprint density at radius 3 is 2.17 bits per heavy atom. The van der Waals surface area contributed by atoms with Gasteiger partial charge in [-0.1, -0.05) is 83.9 Å². The molecule has 0 N–H and O–H groups in total. The molecule has 5 nitrogen and oxygen atoms in total. The van der Waals surface area contributed by atoms with Crippen LogP contribution in [0.5, 0.6) is 0 Å². The van der Waals surface area contributed by atoms with Crippen LogP contribution in [0.3, 0.4) is 0 Å². The summed E-state index contributed by atoms with van der Waals surface area (Å²) in [4.78, 5) is 4.19. The molecule has 2 atom stereocenters. The Balaban J connectivity index is 1.72. The molecule has 7 heteroatoms. The maximum atomic E-state index is 6.34. The number of anilines is 1. The third-order valence-corrected chi connectivity index (χ3v) is 5.90. The van der Waals surface area contributed by atoms with Crippen LogP contribution in [0.15, 0.2) is 96.6 Å². The van der Waals surface area contributed by atoms with E-state index in [4.69, 9.17) is 28.3 Å². The molecule has 4 aromatic rings. The first kappa shape index (κ1) is 18.9. The molecule has 1 aliphatic heterocycles. The molecule has 2 heterocycles. The van der Waals surface area contributed by atoms with Gasteiger partial charge in [-0.3, -0.25) is 5.01 Å². The molecule has 1 aromatic heterocycles. The van der Waals surface area contributed by atoms with Gasteiger partial charge in [-0.05, 0) is 23.8 Å². The summed E-state index contributed by atoms with van der Waals surface area (Å²) < 4.78 is 1.86. The smallest absolute Gasteiger partial charge is 0.137 e. The lowest BCUT2D eigenvalue weighted by Crippen LogP contribution is -2.28. The number of rotatable bonds is 4. The van der Waals surface area contributed by atoms with Gasteiger partial charge in [0.25, 0.3) is 0 Å². The lowest BCUT2D eigenvalue weighted by atomic mass is 9.93. The minimum absolute atomic E-state index is 0.139. The van der Waals surface area contributed by atoms with Crippen LogP contribution >= 0.6 is 23.2 Å². The molecular weight excluding hydrogens is 417 g/mol. The quantitative estimate of drug-likeness (QED) is 0.408. The van der Waals surface area contributed by atoms with E-state index in [1.54, 1.807) is 18.7 Å². The Labute approximate surface area is 184 Å². The number of hydrogen-bond donors (Lipinski definition) is 0. The van der Waals surface area contributed by atoms with Gasteiger partial charge in [0, 0.05) is 5.56 Å². The minimum Gasteiger partial charge on any atom is -0.255 e. The Bertz CT molecular complexity index is 1180. The number of halogens is 2. The Morgan fingerprint density at radius 1 is 0.767 bits per heavy atom. The summed E-state index contributed by atoms with van der Waals surface area (Å²) in [5, 5.41) is 12.5. The molecule has 3 aromatic carbocycles. The third-order valence-electron chi connectivity index (χ3n) is 5.16. The standard InChI is InChI=1S/C23H17Cl2N5/c24-19-12-11-18(13-20(19)25)30-22(17-9-5-2-6-10-17)23(29-15-26-14-27-29)21(28-30)16-7-3-1-4-8-16/h1-15,22-23H. The van der Waals surface area contributed by atoms with E-state index >= 15 is 0 Å². The van der Waals surface area contributed by atoms with E-state index in [1.165, 1.54) is 0 Å². The van der Waals surface area contributed by atoms with E-state index in [1.807, 2.05) is 58.2 Å². The largest absolute Gasteiger partial charge is 0.255 e. The van der Waals surface area contributed by atoms with Crippen molar-refractivity contribution < 1.29 is 0 Å². The Kier molecular flexibility index (Phi) is 4.99. The minimum atomic E-state index is -0.174. The van der Waals surface area contributed by atoms with Crippen molar-refractivity contribution in [1.29, 1.82) is 0 Å². The van der Waals surface area contributed by atoms with Crippen molar-refractivity contribution in [2.24, 2.45) is 5.10 Å². The van der Waals surface area contributed by atoms with Crippen LogP contribution in [0, 0.1) is 0 Å². The van der Waals surface area contributed by atoms with Gasteiger partial charge in [0.2, 0.25) is 0 Å². The second-order valence-electron chi connectivity index (χ2n) is 6.97. The SMILES string of the molecule is Clc1ccc(N2N=C(c3ccccc3)C(n3cncn3)C2c2ccccc2)cc1Cl. The first-order chi connectivity index (χ1) is 14.7. The molecule has 0 amide bonds. The number of aromatic nitrogens is 3. The van der Waals surface area contributed by atoms with Crippen molar-refractivity contribution in [3.8, 4) is 0 Å². The van der Waals surface area contributed by atoms with Crippen molar-refractivity contribution in [3.05, 3.63) is 113 Å². The first-order valence-corrected chi connectivity index (χ1v) is 10.3. The highest BCUT2D eigenvalue weighted by molar-refractivity contribution is 6.42. The molecule has 0 fully saturated rings. The molecule has 0 saturated heterocycles. The summed E-state index contributed by atoms with van der Waals surface area (Å²) in [5.41, 5.74) is 3.90. The van der Waals surface area contributed by atoms with Crippen molar-refractivity contribution in [2.45, 2.75) is 12.1 Å². The molecule has 0 saturated carbocycles. The number of nitrogens with zero attached hydrogens (tertiary/aromatic N) is 5. The zero-order valence-electron chi connectivity index (χ0n) is 15.8. The average Bonchev–Trinajstić information content (AvgIpc) is 3.45. The lowest BCUT2D eigenvalue weighted by molar-refractivity contribution is 0.485. The predicted octanol–water partition coefficient (Wildman–Crippen LogP) is 5.79. The zero-order valence-corrected chi connectivity index (χ0v) is 17.3. The highest BCUT2D eigenvalue weighted by atomic mass is 35.5. The highest BCUT2D eigenvalue weighted by Gasteiger charge is 2.41. The highest BCUT2D eigenvalue weighted by Crippen LogP contribution is 2.44. The fourth-order valence-electron chi connectivity index (χ4n) is 3.81. The van der Waals surface area contributed by atoms with Crippen molar-refractivity contribution in [1.82, 2.24) is 14.8 Å². The summed E-state index contributed by atoms with van der Waals surface area (Å²) in [6.45, 7) is 0. The normalized spacial score (nSPS) is 18.5.